The van der Waals surface area contributed by atoms with Crippen LogP contribution in [0.3, 0.4) is 0 Å². The number of ether oxygens (including phenoxy) is 2. The van der Waals surface area contributed by atoms with Gasteiger partial charge in [0.25, 0.3) is 0 Å². The Morgan fingerprint density at radius 2 is 2.30 bits per heavy atom. The molecular formula is C15H18N4O4. The summed E-state index contributed by atoms with van der Waals surface area (Å²) in [5.74, 6) is 2.81. The van der Waals surface area contributed by atoms with Gasteiger partial charge in [-0.3, -0.25) is 0 Å². The molecule has 1 saturated heterocycles. The van der Waals surface area contributed by atoms with Gasteiger partial charge in [0.1, 0.15) is 35.6 Å². The molecule has 3 rings (SSSR count). The van der Waals surface area contributed by atoms with E-state index >= 15 is 0 Å². The molecule has 0 bridgehead atoms. The van der Waals surface area contributed by atoms with Gasteiger partial charge in [0.2, 0.25) is 0 Å². The van der Waals surface area contributed by atoms with Crippen LogP contribution in [0, 0.1) is 12.3 Å². The summed E-state index contributed by atoms with van der Waals surface area (Å²) in [4.78, 5) is 8.18. The first-order chi connectivity index (χ1) is 11.0. The summed E-state index contributed by atoms with van der Waals surface area (Å²) in [6, 6.07) is 0. The van der Waals surface area contributed by atoms with E-state index in [0.717, 1.165) is 0 Å². The van der Waals surface area contributed by atoms with Crippen molar-refractivity contribution in [2.45, 2.75) is 31.0 Å². The Kier molecular flexibility index (Phi) is 3.74. The van der Waals surface area contributed by atoms with Crippen LogP contribution in [-0.2, 0) is 9.47 Å². The SMILES string of the molecule is C#Cc1cn([C@@H]2OC(CO)C(O)[C@@]2(C)OC)c2ncnc(N)c12. The first-order valence-electron chi connectivity index (χ1n) is 7.05. The number of nitrogen functional groups attached to an aromatic ring is 1. The Morgan fingerprint density at radius 1 is 1.57 bits per heavy atom. The van der Waals surface area contributed by atoms with Crippen molar-refractivity contribution >= 4 is 16.9 Å². The number of aliphatic hydroxyl groups excluding tert-OH is 2. The molecule has 0 aliphatic carbocycles. The maximum Gasteiger partial charge on any atom is 0.167 e. The number of aromatic nitrogens is 3. The molecule has 122 valence electrons. The lowest BCUT2D eigenvalue weighted by atomic mass is 9.96. The second-order valence-corrected chi connectivity index (χ2v) is 5.59. The number of rotatable bonds is 3. The van der Waals surface area contributed by atoms with Crippen molar-refractivity contribution in [3.8, 4) is 12.3 Å². The number of nitrogens with two attached hydrogens (primary N) is 1. The molecule has 2 aromatic rings. The molecule has 0 saturated carbocycles. The fourth-order valence-electron chi connectivity index (χ4n) is 2.99. The lowest BCUT2D eigenvalue weighted by Crippen LogP contribution is -2.46. The third kappa shape index (κ3) is 2.09. The van der Waals surface area contributed by atoms with Gasteiger partial charge in [0.05, 0.1) is 17.6 Å². The number of aliphatic hydroxyl groups is 2. The lowest BCUT2D eigenvalue weighted by Gasteiger charge is -2.31. The van der Waals surface area contributed by atoms with Gasteiger partial charge in [-0.05, 0) is 6.92 Å². The topological polar surface area (TPSA) is 116 Å². The third-order valence-electron chi connectivity index (χ3n) is 4.40. The van der Waals surface area contributed by atoms with Crippen molar-refractivity contribution in [1.29, 1.82) is 0 Å². The Hall–Kier alpha value is -2.18. The Morgan fingerprint density at radius 3 is 2.91 bits per heavy atom. The van der Waals surface area contributed by atoms with Crippen LogP contribution >= 0.6 is 0 Å². The van der Waals surface area contributed by atoms with E-state index in [2.05, 4.69) is 15.9 Å². The quantitative estimate of drug-likeness (QED) is 0.662. The summed E-state index contributed by atoms with van der Waals surface area (Å²) in [5, 5.41) is 20.4. The van der Waals surface area contributed by atoms with Crippen LogP contribution in [0.1, 0.15) is 18.7 Å². The van der Waals surface area contributed by atoms with Crippen LogP contribution in [0.5, 0.6) is 0 Å². The molecule has 8 heteroatoms. The fraction of sp³-hybridized carbons (Fsp3) is 0.467. The Balaban J connectivity index is 2.21. The first-order valence-corrected chi connectivity index (χ1v) is 7.05. The summed E-state index contributed by atoms with van der Waals surface area (Å²) < 4.78 is 12.9. The number of nitrogens with zero attached hydrogens (tertiary/aromatic N) is 3. The zero-order valence-corrected chi connectivity index (χ0v) is 12.8. The molecule has 1 fully saturated rings. The van der Waals surface area contributed by atoms with Crippen molar-refractivity contribution in [3.05, 3.63) is 18.1 Å². The molecule has 2 aromatic heterocycles. The number of hydrogen-bond donors (Lipinski definition) is 3. The molecule has 4 atom stereocenters. The molecule has 0 spiro atoms. The molecule has 0 aromatic carbocycles. The molecule has 0 radical (unpaired) electrons. The van der Waals surface area contributed by atoms with Gasteiger partial charge < -0.3 is 30.0 Å². The van der Waals surface area contributed by atoms with Crippen molar-refractivity contribution in [2.75, 3.05) is 19.5 Å². The van der Waals surface area contributed by atoms with Crippen molar-refractivity contribution < 1.29 is 19.7 Å². The van der Waals surface area contributed by atoms with E-state index in [4.69, 9.17) is 21.6 Å². The summed E-state index contributed by atoms with van der Waals surface area (Å²) in [6.45, 7) is 1.36. The molecule has 1 aliphatic rings. The third-order valence-corrected chi connectivity index (χ3v) is 4.40. The summed E-state index contributed by atoms with van der Waals surface area (Å²) in [6.07, 6.45) is 5.99. The number of terminal acetylenes is 1. The predicted octanol–water partition coefficient (Wildman–Crippen LogP) is -0.350. The number of fused-ring (bicyclic) bond motifs is 1. The van der Waals surface area contributed by atoms with Gasteiger partial charge in [-0.25, -0.2) is 9.97 Å². The molecule has 3 heterocycles. The Labute approximate surface area is 132 Å². The standard InChI is InChI=1S/C15H18N4O4/c1-4-8-5-19(13-10(8)12(16)17-7-18-13)14-15(2,22-3)11(21)9(6-20)23-14/h1,5,7,9,11,14,20-21H,6H2,2-3H3,(H2,16,17,18)/t9?,11?,14-,15-/m1/s1. The molecule has 0 amide bonds. The van der Waals surface area contributed by atoms with Crippen molar-refractivity contribution in [1.82, 2.24) is 14.5 Å². The molecule has 8 nitrogen and oxygen atoms in total. The van der Waals surface area contributed by atoms with Crippen LogP contribution in [-0.4, -0.2) is 56.3 Å². The zero-order chi connectivity index (χ0) is 16.8. The van der Waals surface area contributed by atoms with Crippen molar-refractivity contribution in [3.63, 3.8) is 0 Å². The highest BCUT2D eigenvalue weighted by molar-refractivity contribution is 5.92. The molecule has 1 aliphatic heterocycles. The summed E-state index contributed by atoms with van der Waals surface area (Å²) in [7, 11) is 1.47. The average molecular weight is 318 g/mol. The van der Waals surface area contributed by atoms with Crippen molar-refractivity contribution in [2.24, 2.45) is 0 Å². The van der Waals surface area contributed by atoms with Gasteiger partial charge in [0, 0.05) is 13.3 Å². The van der Waals surface area contributed by atoms with Gasteiger partial charge in [-0.1, -0.05) is 5.92 Å². The van der Waals surface area contributed by atoms with Gasteiger partial charge in [-0.2, -0.15) is 0 Å². The normalized spacial score (nSPS) is 30.7. The molecule has 23 heavy (non-hydrogen) atoms. The largest absolute Gasteiger partial charge is 0.394 e. The highest BCUT2D eigenvalue weighted by Crippen LogP contribution is 2.42. The summed E-state index contributed by atoms with van der Waals surface area (Å²) >= 11 is 0. The van der Waals surface area contributed by atoms with E-state index in [1.807, 2.05) is 0 Å². The predicted molar refractivity (Wildman–Crippen MR) is 82.3 cm³/mol. The van der Waals surface area contributed by atoms with Crippen LogP contribution in [0.15, 0.2) is 12.5 Å². The first kappa shape index (κ1) is 15.7. The molecule has 2 unspecified atom stereocenters. The van der Waals surface area contributed by atoms with E-state index in [0.29, 0.717) is 16.6 Å². The molecule has 4 N–H and O–H groups in total. The number of anilines is 1. The van der Waals surface area contributed by atoms with E-state index in [-0.39, 0.29) is 12.4 Å². The smallest absolute Gasteiger partial charge is 0.167 e. The van der Waals surface area contributed by atoms with Crippen LogP contribution in [0.2, 0.25) is 0 Å². The zero-order valence-electron chi connectivity index (χ0n) is 12.8. The van der Waals surface area contributed by atoms with E-state index in [1.54, 1.807) is 17.7 Å². The average Bonchev–Trinajstić information content (AvgIpc) is 3.05. The maximum atomic E-state index is 10.4. The minimum Gasteiger partial charge on any atom is -0.394 e. The van der Waals surface area contributed by atoms with Gasteiger partial charge in [-0.15, -0.1) is 6.42 Å². The number of methoxy groups -OCH3 is 1. The van der Waals surface area contributed by atoms with Gasteiger partial charge >= 0.3 is 0 Å². The second kappa shape index (κ2) is 5.47. The maximum absolute atomic E-state index is 10.4. The van der Waals surface area contributed by atoms with Crippen LogP contribution < -0.4 is 5.73 Å². The monoisotopic (exact) mass is 318 g/mol. The number of hydrogen-bond acceptors (Lipinski definition) is 7. The fourth-order valence-corrected chi connectivity index (χ4v) is 2.99. The lowest BCUT2D eigenvalue weighted by molar-refractivity contribution is -0.118. The highest BCUT2D eigenvalue weighted by Gasteiger charge is 2.54. The van der Waals surface area contributed by atoms with Crippen LogP contribution in [0.4, 0.5) is 5.82 Å². The van der Waals surface area contributed by atoms with Crippen LogP contribution in [0.25, 0.3) is 11.0 Å². The molecular weight excluding hydrogens is 300 g/mol. The summed E-state index contributed by atoms with van der Waals surface area (Å²) in [5.41, 5.74) is 5.80. The minimum absolute atomic E-state index is 0.262. The second-order valence-electron chi connectivity index (χ2n) is 5.59. The van der Waals surface area contributed by atoms with E-state index < -0.39 is 24.0 Å². The van der Waals surface area contributed by atoms with E-state index in [1.165, 1.54) is 13.4 Å². The van der Waals surface area contributed by atoms with Gasteiger partial charge in [0.15, 0.2) is 6.23 Å². The minimum atomic E-state index is -1.09. The van der Waals surface area contributed by atoms with E-state index in [9.17, 15) is 10.2 Å². The Bertz CT molecular complexity index is 784. The highest BCUT2D eigenvalue weighted by atomic mass is 16.6.